The van der Waals surface area contributed by atoms with Gasteiger partial charge in [0, 0.05) is 5.69 Å². The van der Waals surface area contributed by atoms with Crippen LogP contribution in [0.2, 0.25) is 0 Å². The Morgan fingerprint density at radius 3 is 2.40 bits per heavy atom. The second-order valence-corrected chi connectivity index (χ2v) is 3.73. The number of anilines is 1. The lowest BCUT2D eigenvalue weighted by atomic mass is 10.1. The number of nitriles is 1. The molecule has 0 saturated carbocycles. The van der Waals surface area contributed by atoms with Crippen molar-refractivity contribution in [2.24, 2.45) is 11.7 Å². The Morgan fingerprint density at radius 1 is 1.33 bits per heavy atom. The first-order chi connectivity index (χ1) is 7.15. The van der Waals surface area contributed by atoms with Crippen molar-refractivity contribution in [2.45, 2.75) is 0 Å². The summed E-state index contributed by atoms with van der Waals surface area (Å²) in [5, 5.41) is 11.7. The van der Waals surface area contributed by atoms with E-state index in [2.05, 4.69) is 5.32 Å². The molecule has 0 aliphatic carbocycles. The van der Waals surface area contributed by atoms with Gasteiger partial charge in [-0.3, -0.25) is 0 Å². The lowest BCUT2D eigenvalue weighted by molar-refractivity contribution is 1.23. The highest BCUT2D eigenvalue weighted by molar-refractivity contribution is 7.82. The van der Waals surface area contributed by atoms with E-state index >= 15 is 0 Å². The average molecular weight is 235 g/mol. The van der Waals surface area contributed by atoms with Crippen molar-refractivity contribution in [3.63, 3.8) is 0 Å². The van der Waals surface area contributed by atoms with Crippen LogP contribution in [0.3, 0.4) is 0 Å². The van der Waals surface area contributed by atoms with Crippen LogP contribution in [0.25, 0.3) is 0 Å². The fourth-order valence-electron chi connectivity index (χ4n) is 0.987. The van der Waals surface area contributed by atoms with E-state index in [-0.39, 0.29) is 4.99 Å². The smallest absolute Gasteiger partial charge is 0.146 e. The molecule has 3 nitrogen and oxygen atoms in total. The highest BCUT2D eigenvalue weighted by Crippen LogP contribution is 2.08. The molecule has 0 fully saturated rings. The van der Waals surface area contributed by atoms with E-state index in [0.717, 1.165) is 5.69 Å². The monoisotopic (exact) mass is 235 g/mol. The Labute approximate surface area is 98.9 Å². The second kappa shape index (κ2) is 5.39. The zero-order valence-electron chi connectivity index (χ0n) is 7.81. The molecule has 1 aromatic rings. The van der Waals surface area contributed by atoms with Crippen molar-refractivity contribution in [1.82, 2.24) is 0 Å². The summed E-state index contributed by atoms with van der Waals surface area (Å²) in [6, 6.07) is 11.3. The van der Waals surface area contributed by atoms with Crippen LogP contribution in [0.15, 0.2) is 30.3 Å². The van der Waals surface area contributed by atoms with E-state index in [9.17, 15) is 0 Å². The van der Waals surface area contributed by atoms with Crippen molar-refractivity contribution < 1.29 is 0 Å². The van der Waals surface area contributed by atoms with Gasteiger partial charge < -0.3 is 11.1 Å². The van der Waals surface area contributed by atoms with E-state index in [1.807, 2.05) is 36.4 Å². The topological polar surface area (TPSA) is 61.8 Å². The summed E-state index contributed by atoms with van der Waals surface area (Å²) in [6.45, 7) is 0. The number of thiocarbonyl (C=S) groups is 2. The van der Waals surface area contributed by atoms with Crippen LogP contribution in [0.5, 0.6) is 0 Å². The minimum absolute atomic E-state index is 0.0888. The first-order valence-corrected chi connectivity index (χ1v) is 5.01. The lowest BCUT2D eigenvalue weighted by Gasteiger charge is -2.11. The maximum absolute atomic E-state index is 8.80. The molecular formula is C10H9N3S2. The Balaban J connectivity index is 2.72. The summed E-state index contributed by atoms with van der Waals surface area (Å²) >= 11 is 9.77. The van der Waals surface area contributed by atoms with Crippen LogP contribution in [-0.2, 0) is 0 Å². The maximum Gasteiger partial charge on any atom is 0.146 e. The number of nitrogens with one attached hydrogen (secondary N) is 1. The van der Waals surface area contributed by atoms with Crippen LogP contribution in [0, 0.1) is 17.2 Å². The number of benzene rings is 1. The summed E-state index contributed by atoms with van der Waals surface area (Å²) < 4.78 is 0. The van der Waals surface area contributed by atoms with Crippen LogP contribution in [0.4, 0.5) is 5.69 Å². The molecule has 5 heteroatoms. The number of nitrogens with zero attached hydrogens (tertiary/aromatic N) is 1. The molecule has 0 aliphatic heterocycles. The molecule has 0 bridgehead atoms. The molecule has 0 spiro atoms. The molecule has 0 radical (unpaired) electrons. The van der Waals surface area contributed by atoms with Crippen molar-refractivity contribution >= 4 is 40.1 Å². The zero-order valence-corrected chi connectivity index (χ0v) is 9.44. The largest absolute Gasteiger partial charge is 0.392 e. The number of nitrogens with two attached hydrogens (primary N) is 1. The third kappa shape index (κ3) is 3.27. The molecule has 0 saturated heterocycles. The van der Waals surface area contributed by atoms with Gasteiger partial charge in [-0.2, -0.15) is 5.26 Å². The lowest BCUT2D eigenvalue weighted by Crippen LogP contribution is -2.30. The van der Waals surface area contributed by atoms with Crippen LogP contribution in [0.1, 0.15) is 0 Å². The van der Waals surface area contributed by atoms with Crippen LogP contribution >= 0.6 is 24.4 Å². The Kier molecular flexibility index (Phi) is 4.16. The van der Waals surface area contributed by atoms with Gasteiger partial charge in [0.1, 0.15) is 10.9 Å². The third-order valence-corrected chi connectivity index (χ3v) is 2.29. The van der Waals surface area contributed by atoms with Gasteiger partial charge in [-0.15, -0.1) is 0 Å². The van der Waals surface area contributed by atoms with Crippen molar-refractivity contribution in [3.05, 3.63) is 30.3 Å². The summed E-state index contributed by atoms with van der Waals surface area (Å²) in [4.78, 5) is 0.419. The maximum atomic E-state index is 8.80. The van der Waals surface area contributed by atoms with Crippen molar-refractivity contribution in [1.29, 1.82) is 5.26 Å². The van der Waals surface area contributed by atoms with Gasteiger partial charge in [-0.1, -0.05) is 42.6 Å². The van der Waals surface area contributed by atoms with E-state index in [4.69, 9.17) is 35.4 Å². The molecule has 1 aromatic carbocycles. The highest BCUT2D eigenvalue weighted by Gasteiger charge is 2.16. The minimum Gasteiger partial charge on any atom is -0.392 e. The summed E-state index contributed by atoms with van der Waals surface area (Å²) in [5.41, 5.74) is 6.20. The number of rotatable bonds is 3. The summed E-state index contributed by atoms with van der Waals surface area (Å²) in [6.07, 6.45) is 0. The Bertz CT molecular complexity index is 408. The van der Waals surface area contributed by atoms with E-state index in [1.54, 1.807) is 0 Å². The highest BCUT2D eigenvalue weighted by atomic mass is 32.1. The number of hydrogen-bond acceptors (Lipinski definition) is 3. The fraction of sp³-hybridized carbons (Fsp3) is 0.100. The molecular weight excluding hydrogens is 226 g/mol. The van der Waals surface area contributed by atoms with Crippen molar-refractivity contribution in [3.8, 4) is 6.07 Å². The van der Waals surface area contributed by atoms with Gasteiger partial charge in [0.2, 0.25) is 0 Å². The molecule has 0 amide bonds. The quantitative estimate of drug-likeness (QED) is 0.783. The predicted molar refractivity (Wildman–Crippen MR) is 68.6 cm³/mol. The van der Waals surface area contributed by atoms with Crippen LogP contribution in [-0.4, -0.2) is 9.98 Å². The molecule has 0 heterocycles. The van der Waals surface area contributed by atoms with Crippen molar-refractivity contribution in [2.75, 3.05) is 5.32 Å². The Morgan fingerprint density at radius 2 is 1.93 bits per heavy atom. The number of hydrogen-bond donors (Lipinski definition) is 2. The SMILES string of the molecule is N#CC(C(N)=S)C(=S)Nc1ccccc1. The zero-order chi connectivity index (χ0) is 11.3. The van der Waals surface area contributed by atoms with Gasteiger partial charge in [0.05, 0.1) is 11.1 Å². The molecule has 76 valence electrons. The Hall–Kier alpha value is -1.51. The van der Waals surface area contributed by atoms with Gasteiger partial charge in [0.15, 0.2) is 0 Å². The average Bonchev–Trinajstić information content (AvgIpc) is 2.19. The second-order valence-electron chi connectivity index (χ2n) is 2.82. The third-order valence-electron chi connectivity index (χ3n) is 1.72. The van der Waals surface area contributed by atoms with Gasteiger partial charge >= 0.3 is 0 Å². The normalized spacial score (nSPS) is 11.1. The minimum atomic E-state index is -0.713. The predicted octanol–water partition coefficient (Wildman–Crippen LogP) is 1.85. The fourth-order valence-corrected chi connectivity index (χ4v) is 1.53. The molecule has 0 aliphatic rings. The summed E-state index contributed by atoms with van der Waals surface area (Å²) in [7, 11) is 0. The molecule has 3 N–H and O–H groups in total. The first kappa shape index (κ1) is 11.6. The van der Waals surface area contributed by atoms with E-state index in [1.165, 1.54) is 0 Å². The molecule has 1 rings (SSSR count). The van der Waals surface area contributed by atoms with E-state index < -0.39 is 5.92 Å². The number of para-hydroxylation sites is 1. The first-order valence-electron chi connectivity index (χ1n) is 4.20. The van der Waals surface area contributed by atoms with E-state index in [0.29, 0.717) is 4.99 Å². The van der Waals surface area contributed by atoms with Gasteiger partial charge in [0.25, 0.3) is 0 Å². The molecule has 15 heavy (non-hydrogen) atoms. The van der Waals surface area contributed by atoms with Gasteiger partial charge in [-0.05, 0) is 12.1 Å². The van der Waals surface area contributed by atoms with Gasteiger partial charge in [-0.25, -0.2) is 0 Å². The molecule has 1 unspecified atom stereocenters. The molecule has 1 atom stereocenters. The standard InChI is InChI=1S/C10H9N3S2/c11-6-8(9(12)14)10(15)13-7-4-2-1-3-5-7/h1-5,8H,(H2,12,14)(H,13,15). The summed E-state index contributed by atoms with van der Waals surface area (Å²) in [5.74, 6) is -0.713. The van der Waals surface area contributed by atoms with Crippen LogP contribution < -0.4 is 11.1 Å². The molecule has 0 aromatic heterocycles.